The smallest absolute Gasteiger partial charge is 0.133 e. The molecule has 10 heavy (non-hydrogen) atoms. The van der Waals surface area contributed by atoms with Gasteiger partial charge in [-0.15, -0.1) is 0 Å². The third-order valence-corrected chi connectivity index (χ3v) is 0.0962. The summed E-state index contributed by atoms with van der Waals surface area (Å²) in [6.07, 6.45) is 0.653. The molecule has 0 saturated heterocycles. The fourth-order valence-electron chi connectivity index (χ4n) is 0. The van der Waals surface area contributed by atoms with E-state index in [2.05, 4.69) is 26.5 Å². The zero-order chi connectivity index (χ0) is 8.99. The average Bonchev–Trinajstić information content (AvgIpc) is 1.91. The van der Waals surface area contributed by atoms with Crippen molar-refractivity contribution >= 4 is 6.29 Å². The van der Waals surface area contributed by atoms with Crippen LogP contribution in [0.15, 0.2) is 0 Å². The van der Waals surface area contributed by atoms with Gasteiger partial charge in [-0.25, -0.2) is 0 Å². The van der Waals surface area contributed by atoms with Gasteiger partial charge in [0.25, 0.3) is 0 Å². The summed E-state index contributed by atoms with van der Waals surface area (Å²) in [6, 6.07) is 0. The summed E-state index contributed by atoms with van der Waals surface area (Å²) < 4.78 is 0. The molecule has 2 N–H and O–H groups in total. The van der Waals surface area contributed by atoms with Gasteiger partial charge in [0.05, 0.1) is 0 Å². The van der Waals surface area contributed by atoms with Crippen molar-refractivity contribution in [3.8, 4) is 0 Å². The van der Waals surface area contributed by atoms with Crippen LogP contribution in [0, 0.1) is 5.92 Å². The minimum atomic E-state index is 0. The lowest BCUT2D eigenvalue weighted by atomic mass is 10.3. The quantitative estimate of drug-likeness (QED) is 0.580. The summed E-state index contributed by atoms with van der Waals surface area (Å²) >= 11 is 0. The second-order valence-corrected chi connectivity index (χ2v) is 2.13. The first-order valence-electron chi connectivity index (χ1n) is 3.78. The fourth-order valence-corrected chi connectivity index (χ4v) is 0. The van der Waals surface area contributed by atoms with Crippen LogP contribution < -0.4 is 5.73 Å². The highest BCUT2D eigenvalue weighted by molar-refractivity contribution is 5.51. The van der Waals surface area contributed by atoms with Gasteiger partial charge in [0.2, 0.25) is 0 Å². The molecule has 0 heterocycles. The zero-order valence-corrected chi connectivity index (χ0v) is 7.85. The van der Waals surface area contributed by atoms with Gasteiger partial charge < -0.3 is 10.5 Å². The Morgan fingerprint density at radius 3 is 1.50 bits per heavy atom. The van der Waals surface area contributed by atoms with Crippen molar-refractivity contribution in [2.75, 3.05) is 6.54 Å². The van der Waals surface area contributed by atoms with Gasteiger partial charge in [0.15, 0.2) is 0 Å². The first-order chi connectivity index (χ1) is 4.65. The van der Waals surface area contributed by atoms with E-state index < -0.39 is 0 Å². The molecular formula is C8H23NO. The van der Waals surface area contributed by atoms with Gasteiger partial charge in [-0.05, 0) is 5.92 Å². The largest absolute Gasteiger partial charge is 0.324 e. The van der Waals surface area contributed by atoms with Gasteiger partial charge in [0, 0.05) is 7.97 Å². The second-order valence-electron chi connectivity index (χ2n) is 2.13. The van der Waals surface area contributed by atoms with Crippen LogP contribution in [0.25, 0.3) is 0 Å². The number of hydrogen-bond donors (Lipinski definition) is 1. The molecule has 2 heteroatoms. The Bertz CT molecular complexity index is 46.6. The molecule has 0 fully saturated rings. The molecule has 0 saturated carbocycles. The lowest BCUT2D eigenvalue weighted by Gasteiger charge is -1.79. The van der Waals surface area contributed by atoms with Crippen LogP contribution in [-0.4, -0.2) is 12.8 Å². The summed E-state index contributed by atoms with van der Waals surface area (Å²) in [5.74, 6) is 0.833. The molecule has 0 aliphatic rings. The lowest BCUT2D eigenvalue weighted by molar-refractivity contribution is -0.106. The topological polar surface area (TPSA) is 43.1 Å². The zero-order valence-electron chi connectivity index (χ0n) is 7.85. The maximum Gasteiger partial charge on any atom is 0.133 e. The Hall–Kier alpha value is -0.370. The van der Waals surface area contributed by atoms with Crippen LogP contribution >= 0.6 is 0 Å². The number of carbonyl (C=O) groups is 1. The van der Waals surface area contributed by atoms with Gasteiger partial charge in [-0.2, -0.15) is 0 Å². The third kappa shape index (κ3) is 845. The highest BCUT2D eigenvalue weighted by Crippen LogP contribution is 1.81. The maximum atomic E-state index is 9.05. The number of hydrogen-bond acceptors (Lipinski definition) is 2. The van der Waals surface area contributed by atoms with Crippen molar-refractivity contribution in [1.29, 1.82) is 0 Å². The van der Waals surface area contributed by atoms with Crippen LogP contribution in [0.4, 0.5) is 0 Å². The normalized spacial score (nSPS) is 6.70. The van der Waals surface area contributed by atoms with Crippen LogP contribution in [0.3, 0.4) is 0 Å². The van der Waals surface area contributed by atoms with Crippen LogP contribution in [0.2, 0.25) is 0 Å². The molecule has 0 aromatic heterocycles. The van der Waals surface area contributed by atoms with Crippen molar-refractivity contribution in [3.63, 3.8) is 0 Å². The molecule has 66 valence electrons. The van der Waals surface area contributed by atoms with Gasteiger partial charge >= 0.3 is 0 Å². The lowest BCUT2D eigenvalue weighted by Crippen LogP contribution is -1.97. The van der Waals surface area contributed by atoms with E-state index in [1.807, 2.05) is 13.8 Å². The Morgan fingerprint density at radius 1 is 1.40 bits per heavy atom. The first-order valence-corrected chi connectivity index (χ1v) is 3.78. The van der Waals surface area contributed by atoms with E-state index in [0.29, 0.717) is 6.29 Å². The van der Waals surface area contributed by atoms with Gasteiger partial charge in [0.1, 0.15) is 6.29 Å². The third-order valence-electron chi connectivity index (χ3n) is 0.0962. The second kappa shape index (κ2) is 23.4. The van der Waals surface area contributed by atoms with Crippen LogP contribution in [0.5, 0.6) is 0 Å². The summed E-state index contributed by atoms with van der Waals surface area (Å²) in [7, 11) is 0. The molecule has 0 amide bonds. The van der Waals surface area contributed by atoms with Crippen molar-refractivity contribution in [2.45, 2.75) is 34.6 Å². The van der Waals surface area contributed by atoms with E-state index in [1.54, 1.807) is 0 Å². The number of nitrogens with two attached hydrogens (primary N) is 1. The first kappa shape index (κ1) is 16.3. The molecule has 2 nitrogen and oxygen atoms in total. The Balaban J connectivity index is -0.0000000339. The molecule has 0 spiro atoms. The highest BCUT2D eigenvalue weighted by atomic mass is 16.1. The molecule has 0 atom stereocenters. The van der Waals surface area contributed by atoms with Crippen LogP contribution in [0.1, 0.15) is 36.0 Å². The molecule has 0 rings (SSSR count). The molecule has 0 aliphatic heterocycles. The summed E-state index contributed by atoms with van der Waals surface area (Å²) in [6.45, 7) is 10.6. The summed E-state index contributed by atoms with van der Waals surface area (Å²) in [4.78, 5) is 9.05. The maximum absolute atomic E-state index is 9.05. The number of rotatable bonds is 1. The monoisotopic (exact) mass is 149 g/mol. The Morgan fingerprint density at radius 2 is 1.50 bits per heavy atom. The number of carbonyl (C=O) groups excluding carboxylic acids is 1. The van der Waals surface area contributed by atoms with Gasteiger partial charge in [-0.3, -0.25) is 0 Å². The van der Waals surface area contributed by atoms with Crippen molar-refractivity contribution in [1.82, 2.24) is 0 Å². The van der Waals surface area contributed by atoms with E-state index in [0.717, 1.165) is 5.92 Å². The molecule has 0 radical (unpaired) electrons. The summed E-state index contributed by atoms with van der Waals surface area (Å²) in [5.41, 5.74) is 4.66. The van der Waals surface area contributed by atoms with E-state index >= 15 is 0 Å². The Kier molecular flexibility index (Phi) is 38.2. The fraction of sp³-hybridized carbons (Fsp3) is 0.875. The predicted molar refractivity (Wildman–Crippen MR) is 49.1 cm³/mol. The van der Waals surface area contributed by atoms with Gasteiger partial charge in [-0.1, -0.05) is 34.6 Å². The minimum Gasteiger partial charge on any atom is -0.324 e. The number of aldehydes is 1. The van der Waals surface area contributed by atoms with Crippen molar-refractivity contribution < 1.29 is 6.22 Å². The van der Waals surface area contributed by atoms with Crippen molar-refractivity contribution in [2.24, 2.45) is 11.7 Å². The standard InChI is InChI=1S/C4H10.C2H5NO.C2H6.H2/c1-4(2)3;3-1-2-4;1-2;/h4H,1-3H3;2H,1,3H2;1-2H3;1H. The van der Waals surface area contributed by atoms with E-state index in [4.69, 9.17) is 4.79 Å². The minimum absolute atomic E-state index is 0. The molecular weight excluding hydrogens is 126 g/mol. The van der Waals surface area contributed by atoms with Crippen LogP contribution in [-0.2, 0) is 4.79 Å². The summed E-state index contributed by atoms with van der Waals surface area (Å²) in [5, 5.41) is 0. The SMILES string of the molecule is CC.CC(C)C.NCC=O.[HH]. The average molecular weight is 149 g/mol. The highest BCUT2D eigenvalue weighted by Gasteiger charge is 1.68. The predicted octanol–water partition coefficient (Wildman–Crippen LogP) is 2.08. The molecule has 0 aliphatic carbocycles. The molecule has 0 bridgehead atoms. The van der Waals surface area contributed by atoms with E-state index in [9.17, 15) is 0 Å². The molecule has 0 aromatic rings. The van der Waals surface area contributed by atoms with E-state index in [1.165, 1.54) is 0 Å². The molecule has 0 unspecified atom stereocenters. The van der Waals surface area contributed by atoms with Crippen molar-refractivity contribution in [3.05, 3.63) is 0 Å². The molecule has 0 aromatic carbocycles. The van der Waals surface area contributed by atoms with E-state index in [-0.39, 0.29) is 7.97 Å². The Labute approximate surface area is 66.3 Å².